The highest BCUT2D eigenvalue weighted by Crippen LogP contribution is 1.89. The molecule has 0 aliphatic rings. The third-order valence-corrected chi connectivity index (χ3v) is 2.22. The SMILES string of the molecule is CCC(C)NC(=O)CCNC(C)CN. The zero-order valence-corrected chi connectivity index (χ0v) is 9.47. The zero-order valence-electron chi connectivity index (χ0n) is 9.47. The first kappa shape index (κ1) is 13.4. The maximum atomic E-state index is 11.3. The fourth-order valence-corrected chi connectivity index (χ4v) is 0.964. The van der Waals surface area contributed by atoms with Crippen molar-refractivity contribution < 1.29 is 4.79 Å². The number of nitrogens with two attached hydrogens (primary N) is 1. The number of carbonyl (C=O) groups excluding carboxylic acids is 1. The number of rotatable bonds is 7. The quantitative estimate of drug-likeness (QED) is 0.552. The minimum absolute atomic E-state index is 0.107. The van der Waals surface area contributed by atoms with E-state index in [-0.39, 0.29) is 18.0 Å². The first-order valence-corrected chi connectivity index (χ1v) is 5.33. The van der Waals surface area contributed by atoms with E-state index >= 15 is 0 Å². The summed E-state index contributed by atoms with van der Waals surface area (Å²) in [7, 11) is 0. The van der Waals surface area contributed by atoms with Gasteiger partial charge >= 0.3 is 0 Å². The molecule has 0 heterocycles. The van der Waals surface area contributed by atoms with E-state index in [0.29, 0.717) is 19.5 Å². The van der Waals surface area contributed by atoms with E-state index in [1.807, 2.05) is 13.8 Å². The van der Waals surface area contributed by atoms with Gasteiger partial charge in [0.15, 0.2) is 0 Å². The molecule has 4 nitrogen and oxygen atoms in total. The first-order valence-electron chi connectivity index (χ1n) is 5.33. The first-order chi connectivity index (χ1) is 6.60. The zero-order chi connectivity index (χ0) is 11.0. The third-order valence-electron chi connectivity index (χ3n) is 2.22. The Morgan fingerprint density at radius 1 is 1.36 bits per heavy atom. The predicted octanol–water partition coefficient (Wildman–Crippen LogP) is 0.228. The minimum Gasteiger partial charge on any atom is -0.354 e. The molecule has 0 aromatic heterocycles. The van der Waals surface area contributed by atoms with Gasteiger partial charge in [0.1, 0.15) is 0 Å². The van der Waals surface area contributed by atoms with Gasteiger partial charge in [-0.15, -0.1) is 0 Å². The number of hydrogen-bond donors (Lipinski definition) is 3. The molecular formula is C10H23N3O. The summed E-state index contributed by atoms with van der Waals surface area (Å²) in [4.78, 5) is 11.3. The van der Waals surface area contributed by atoms with E-state index in [1.165, 1.54) is 0 Å². The number of carbonyl (C=O) groups is 1. The van der Waals surface area contributed by atoms with Crippen LogP contribution in [0.5, 0.6) is 0 Å². The van der Waals surface area contributed by atoms with Gasteiger partial charge in [-0.3, -0.25) is 4.79 Å². The lowest BCUT2D eigenvalue weighted by atomic mass is 10.2. The number of hydrogen-bond acceptors (Lipinski definition) is 3. The lowest BCUT2D eigenvalue weighted by molar-refractivity contribution is -0.121. The standard InChI is InChI=1S/C10H23N3O/c1-4-8(2)13-10(14)5-6-12-9(3)7-11/h8-9,12H,4-7,11H2,1-3H3,(H,13,14). The Morgan fingerprint density at radius 3 is 2.50 bits per heavy atom. The van der Waals surface area contributed by atoms with E-state index in [9.17, 15) is 4.79 Å². The summed E-state index contributed by atoms with van der Waals surface area (Å²) < 4.78 is 0. The maximum Gasteiger partial charge on any atom is 0.221 e. The summed E-state index contributed by atoms with van der Waals surface area (Å²) in [6.07, 6.45) is 1.49. The van der Waals surface area contributed by atoms with Crippen LogP contribution in [0.25, 0.3) is 0 Å². The van der Waals surface area contributed by atoms with Crippen LogP contribution in [0.4, 0.5) is 0 Å². The molecule has 0 saturated carbocycles. The van der Waals surface area contributed by atoms with E-state index in [1.54, 1.807) is 0 Å². The van der Waals surface area contributed by atoms with Gasteiger partial charge in [-0.05, 0) is 20.3 Å². The molecule has 0 aliphatic carbocycles. The highest BCUT2D eigenvalue weighted by atomic mass is 16.1. The van der Waals surface area contributed by atoms with Gasteiger partial charge in [-0.25, -0.2) is 0 Å². The monoisotopic (exact) mass is 201 g/mol. The maximum absolute atomic E-state index is 11.3. The molecule has 0 spiro atoms. The molecule has 0 radical (unpaired) electrons. The van der Waals surface area contributed by atoms with Crippen LogP contribution in [0.1, 0.15) is 33.6 Å². The molecule has 14 heavy (non-hydrogen) atoms. The van der Waals surface area contributed by atoms with Gasteiger partial charge in [0.05, 0.1) is 0 Å². The van der Waals surface area contributed by atoms with Crippen LogP contribution >= 0.6 is 0 Å². The van der Waals surface area contributed by atoms with Crippen LogP contribution in [-0.4, -0.2) is 31.1 Å². The fraction of sp³-hybridized carbons (Fsp3) is 0.900. The summed E-state index contributed by atoms with van der Waals surface area (Å²) in [6.45, 7) is 7.37. The third kappa shape index (κ3) is 6.86. The van der Waals surface area contributed by atoms with Crippen LogP contribution in [0, 0.1) is 0 Å². The fourth-order valence-electron chi connectivity index (χ4n) is 0.964. The average Bonchev–Trinajstić information content (AvgIpc) is 2.17. The Balaban J connectivity index is 3.44. The van der Waals surface area contributed by atoms with Gasteiger partial charge in [0, 0.05) is 31.6 Å². The summed E-state index contributed by atoms with van der Waals surface area (Å²) >= 11 is 0. The molecule has 0 rings (SSSR count). The van der Waals surface area contributed by atoms with Crippen LogP contribution in [0.15, 0.2) is 0 Å². The summed E-state index contributed by atoms with van der Waals surface area (Å²) in [5.74, 6) is 0.107. The molecule has 0 fully saturated rings. The van der Waals surface area contributed by atoms with Crippen molar-refractivity contribution in [2.45, 2.75) is 45.7 Å². The Bertz CT molecular complexity index is 161. The van der Waals surface area contributed by atoms with E-state index < -0.39 is 0 Å². The molecule has 1 amide bonds. The highest BCUT2D eigenvalue weighted by Gasteiger charge is 2.05. The van der Waals surface area contributed by atoms with Crippen molar-refractivity contribution in [1.29, 1.82) is 0 Å². The van der Waals surface area contributed by atoms with Crippen molar-refractivity contribution in [3.05, 3.63) is 0 Å². The molecule has 4 heteroatoms. The predicted molar refractivity (Wildman–Crippen MR) is 59.0 cm³/mol. The van der Waals surface area contributed by atoms with Crippen molar-refractivity contribution in [1.82, 2.24) is 10.6 Å². The second kappa shape index (κ2) is 7.76. The Hall–Kier alpha value is -0.610. The molecule has 2 unspecified atom stereocenters. The molecular weight excluding hydrogens is 178 g/mol. The van der Waals surface area contributed by atoms with E-state index in [0.717, 1.165) is 6.42 Å². The topological polar surface area (TPSA) is 67.2 Å². The average molecular weight is 201 g/mol. The van der Waals surface area contributed by atoms with Crippen LogP contribution in [0.2, 0.25) is 0 Å². The van der Waals surface area contributed by atoms with Gasteiger partial charge in [-0.1, -0.05) is 6.92 Å². The van der Waals surface area contributed by atoms with E-state index in [2.05, 4.69) is 17.6 Å². The van der Waals surface area contributed by atoms with Gasteiger partial charge in [0.25, 0.3) is 0 Å². The number of nitrogens with one attached hydrogen (secondary N) is 2. The highest BCUT2D eigenvalue weighted by molar-refractivity contribution is 5.76. The Morgan fingerprint density at radius 2 is 2.00 bits per heavy atom. The van der Waals surface area contributed by atoms with Crippen molar-refractivity contribution in [3.8, 4) is 0 Å². The Labute approximate surface area is 86.6 Å². The Kier molecular flexibility index (Phi) is 7.42. The molecule has 0 aromatic rings. The van der Waals surface area contributed by atoms with Gasteiger partial charge in [-0.2, -0.15) is 0 Å². The van der Waals surface area contributed by atoms with Crippen molar-refractivity contribution in [2.75, 3.05) is 13.1 Å². The summed E-state index contributed by atoms with van der Waals surface area (Å²) in [6, 6.07) is 0.556. The van der Waals surface area contributed by atoms with Crippen molar-refractivity contribution in [2.24, 2.45) is 5.73 Å². The molecule has 4 N–H and O–H groups in total. The van der Waals surface area contributed by atoms with Crippen LogP contribution in [-0.2, 0) is 4.79 Å². The second-order valence-electron chi connectivity index (χ2n) is 3.72. The lowest BCUT2D eigenvalue weighted by Crippen LogP contribution is -2.38. The smallest absolute Gasteiger partial charge is 0.221 e. The molecule has 0 aromatic carbocycles. The normalized spacial score (nSPS) is 14.9. The summed E-state index contributed by atoms with van der Waals surface area (Å²) in [5, 5.41) is 6.08. The number of amides is 1. The molecule has 84 valence electrons. The molecule has 0 aliphatic heterocycles. The molecule has 2 atom stereocenters. The lowest BCUT2D eigenvalue weighted by Gasteiger charge is -2.13. The van der Waals surface area contributed by atoms with Gasteiger partial charge < -0.3 is 16.4 Å². The van der Waals surface area contributed by atoms with Crippen molar-refractivity contribution in [3.63, 3.8) is 0 Å². The van der Waals surface area contributed by atoms with Crippen molar-refractivity contribution >= 4 is 5.91 Å². The second-order valence-corrected chi connectivity index (χ2v) is 3.72. The molecule has 0 bridgehead atoms. The minimum atomic E-state index is 0.107. The molecule has 0 saturated heterocycles. The van der Waals surface area contributed by atoms with Gasteiger partial charge in [0.2, 0.25) is 5.91 Å². The van der Waals surface area contributed by atoms with Crippen LogP contribution < -0.4 is 16.4 Å². The summed E-state index contributed by atoms with van der Waals surface area (Å²) in [5.41, 5.74) is 5.43. The largest absolute Gasteiger partial charge is 0.354 e. The van der Waals surface area contributed by atoms with Crippen LogP contribution in [0.3, 0.4) is 0 Å². The van der Waals surface area contributed by atoms with E-state index in [4.69, 9.17) is 5.73 Å².